The molecule has 88 valence electrons. The molecule has 2 rings (SSSR count). The number of ether oxygens (including phenoxy) is 1. The molecular weight excluding hydrogens is 307 g/mol. The molecule has 0 N–H and O–H groups in total. The fourth-order valence-electron chi connectivity index (χ4n) is 1.24. The van der Waals surface area contributed by atoms with Crippen LogP contribution >= 0.6 is 27.3 Å². The number of thiophene rings is 1. The monoisotopic (exact) mass is 314 g/mol. The van der Waals surface area contributed by atoms with Crippen molar-refractivity contribution in [3.05, 3.63) is 50.9 Å². The van der Waals surface area contributed by atoms with E-state index in [9.17, 15) is 9.18 Å². The van der Waals surface area contributed by atoms with Crippen molar-refractivity contribution in [3.8, 4) is 5.75 Å². The Morgan fingerprint density at radius 1 is 1.29 bits per heavy atom. The van der Waals surface area contributed by atoms with Crippen molar-refractivity contribution in [1.29, 1.82) is 0 Å². The van der Waals surface area contributed by atoms with E-state index in [0.717, 1.165) is 3.79 Å². The Morgan fingerprint density at radius 3 is 2.71 bits per heavy atom. The lowest BCUT2D eigenvalue weighted by molar-refractivity contribution is 0.0923. The van der Waals surface area contributed by atoms with Crippen LogP contribution in [0, 0.1) is 5.82 Å². The van der Waals surface area contributed by atoms with Crippen LogP contribution in [0.3, 0.4) is 0 Å². The zero-order chi connectivity index (χ0) is 12.3. The van der Waals surface area contributed by atoms with Gasteiger partial charge in [0.1, 0.15) is 0 Å². The van der Waals surface area contributed by atoms with E-state index in [-0.39, 0.29) is 18.1 Å². The Morgan fingerprint density at radius 2 is 2.06 bits per heavy atom. The third kappa shape index (κ3) is 3.14. The maximum absolute atomic E-state index is 13.2. The van der Waals surface area contributed by atoms with E-state index in [1.165, 1.54) is 23.5 Å². The van der Waals surface area contributed by atoms with Gasteiger partial charge in [-0.05, 0) is 40.2 Å². The molecule has 1 aromatic heterocycles. The van der Waals surface area contributed by atoms with Crippen molar-refractivity contribution in [3.63, 3.8) is 0 Å². The van der Waals surface area contributed by atoms with Gasteiger partial charge in [0, 0.05) is 0 Å². The first-order valence-corrected chi connectivity index (χ1v) is 6.43. The molecule has 0 amide bonds. The first-order chi connectivity index (χ1) is 8.16. The Hall–Kier alpha value is -1.20. The van der Waals surface area contributed by atoms with E-state index in [1.807, 2.05) is 0 Å². The number of halogens is 2. The van der Waals surface area contributed by atoms with Crippen LogP contribution in [0.4, 0.5) is 4.39 Å². The van der Waals surface area contributed by atoms with Crippen LogP contribution in [-0.2, 0) is 0 Å². The van der Waals surface area contributed by atoms with Crippen LogP contribution in [0.25, 0.3) is 0 Å². The molecule has 0 spiro atoms. The second-order valence-corrected chi connectivity index (χ2v) is 5.71. The summed E-state index contributed by atoms with van der Waals surface area (Å²) in [6.07, 6.45) is 0. The molecule has 0 saturated carbocycles. The van der Waals surface area contributed by atoms with E-state index in [1.54, 1.807) is 24.3 Å². The molecule has 0 radical (unpaired) electrons. The van der Waals surface area contributed by atoms with E-state index in [2.05, 4.69) is 15.9 Å². The second-order valence-electron chi connectivity index (χ2n) is 3.25. The molecule has 0 bridgehead atoms. The summed E-state index contributed by atoms with van der Waals surface area (Å²) >= 11 is 4.60. The summed E-state index contributed by atoms with van der Waals surface area (Å²) in [5.74, 6) is -0.534. The van der Waals surface area contributed by atoms with Crippen LogP contribution in [0.2, 0.25) is 0 Å². The summed E-state index contributed by atoms with van der Waals surface area (Å²) in [5, 5.41) is 0. The number of Topliss-reactive ketones (excluding diaryl/α,β-unsaturated/α-hetero) is 1. The smallest absolute Gasteiger partial charge is 0.210 e. The van der Waals surface area contributed by atoms with Crippen molar-refractivity contribution >= 4 is 33.0 Å². The van der Waals surface area contributed by atoms with Gasteiger partial charge in [0.15, 0.2) is 18.2 Å². The lowest BCUT2D eigenvalue weighted by Crippen LogP contribution is -2.10. The first kappa shape index (κ1) is 12.3. The van der Waals surface area contributed by atoms with E-state index < -0.39 is 5.82 Å². The number of carbonyl (C=O) groups is 1. The Balaban J connectivity index is 1.99. The van der Waals surface area contributed by atoms with Gasteiger partial charge < -0.3 is 4.74 Å². The van der Waals surface area contributed by atoms with Gasteiger partial charge in [-0.1, -0.05) is 12.1 Å². The minimum Gasteiger partial charge on any atom is -0.482 e. The SMILES string of the molecule is O=C(COc1ccccc1F)c1ccc(Br)s1. The lowest BCUT2D eigenvalue weighted by atomic mass is 10.3. The summed E-state index contributed by atoms with van der Waals surface area (Å²) in [4.78, 5) is 12.3. The van der Waals surface area contributed by atoms with Gasteiger partial charge in [-0.25, -0.2) is 4.39 Å². The molecule has 0 fully saturated rings. The molecule has 0 unspecified atom stereocenters. The van der Waals surface area contributed by atoms with Crippen molar-refractivity contribution in [2.45, 2.75) is 0 Å². The predicted molar refractivity (Wildman–Crippen MR) is 68.2 cm³/mol. The molecule has 0 aliphatic heterocycles. The van der Waals surface area contributed by atoms with E-state index in [0.29, 0.717) is 4.88 Å². The highest BCUT2D eigenvalue weighted by atomic mass is 79.9. The Bertz CT molecular complexity index is 539. The van der Waals surface area contributed by atoms with E-state index in [4.69, 9.17) is 4.74 Å². The number of rotatable bonds is 4. The zero-order valence-electron chi connectivity index (χ0n) is 8.65. The minimum absolute atomic E-state index is 0.0940. The molecular formula is C12H8BrFO2S. The summed E-state index contributed by atoms with van der Waals surface area (Å²) in [7, 11) is 0. The number of carbonyl (C=O) groups excluding carboxylic acids is 1. The fraction of sp³-hybridized carbons (Fsp3) is 0.0833. The lowest BCUT2D eigenvalue weighted by Gasteiger charge is -2.04. The number of hydrogen-bond acceptors (Lipinski definition) is 3. The number of para-hydroxylation sites is 1. The summed E-state index contributed by atoms with van der Waals surface area (Å²) in [6.45, 7) is -0.159. The summed E-state index contributed by atoms with van der Waals surface area (Å²) < 4.78 is 19.2. The molecule has 0 atom stereocenters. The highest BCUT2D eigenvalue weighted by Crippen LogP contribution is 2.23. The topological polar surface area (TPSA) is 26.3 Å². The highest BCUT2D eigenvalue weighted by Gasteiger charge is 2.10. The molecule has 2 aromatic rings. The minimum atomic E-state index is -0.465. The van der Waals surface area contributed by atoms with Gasteiger partial charge in [0.2, 0.25) is 5.78 Å². The normalized spacial score (nSPS) is 10.2. The molecule has 1 aromatic carbocycles. The van der Waals surface area contributed by atoms with Gasteiger partial charge in [-0.15, -0.1) is 11.3 Å². The molecule has 5 heteroatoms. The summed E-state index contributed by atoms with van der Waals surface area (Å²) in [5.41, 5.74) is 0. The average Bonchev–Trinajstić information content (AvgIpc) is 2.74. The maximum atomic E-state index is 13.2. The van der Waals surface area contributed by atoms with Crippen LogP contribution in [0.1, 0.15) is 9.67 Å². The quantitative estimate of drug-likeness (QED) is 0.800. The van der Waals surface area contributed by atoms with Gasteiger partial charge >= 0.3 is 0 Å². The second kappa shape index (κ2) is 5.42. The van der Waals surface area contributed by atoms with Crippen LogP contribution in [0.15, 0.2) is 40.2 Å². The molecule has 17 heavy (non-hydrogen) atoms. The van der Waals surface area contributed by atoms with E-state index >= 15 is 0 Å². The molecule has 1 heterocycles. The average molecular weight is 315 g/mol. The Labute approximate surface area is 110 Å². The summed E-state index contributed by atoms with van der Waals surface area (Å²) in [6, 6.07) is 9.52. The maximum Gasteiger partial charge on any atom is 0.210 e. The predicted octanol–water partition coefficient (Wildman–Crippen LogP) is 3.91. The molecule has 0 saturated heterocycles. The number of hydrogen-bond donors (Lipinski definition) is 0. The molecule has 0 aliphatic carbocycles. The third-order valence-corrected chi connectivity index (χ3v) is 3.71. The molecule has 0 aliphatic rings. The third-order valence-electron chi connectivity index (χ3n) is 2.04. The van der Waals surface area contributed by atoms with Crippen molar-refractivity contribution in [1.82, 2.24) is 0 Å². The van der Waals surface area contributed by atoms with Crippen LogP contribution in [0.5, 0.6) is 5.75 Å². The van der Waals surface area contributed by atoms with Gasteiger partial charge in [-0.2, -0.15) is 0 Å². The highest BCUT2D eigenvalue weighted by molar-refractivity contribution is 9.11. The number of ketones is 1. The van der Waals surface area contributed by atoms with Crippen molar-refractivity contribution in [2.75, 3.05) is 6.61 Å². The molecule has 2 nitrogen and oxygen atoms in total. The van der Waals surface area contributed by atoms with Gasteiger partial charge in [0.25, 0.3) is 0 Å². The van der Waals surface area contributed by atoms with Gasteiger partial charge in [0.05, 0.1) is 8.66 Å². The number of benzene rings is 1. The van der Waals surface area contributed by atoms with Crippen LogP contribution in [-0.4, -0.2) is 12.4 Å². The standard InChI is InChI=1S/C12H8BrFO2S/c13-12-6-5-11(17-12)9(15)7-16-10-4-2-1-3-8(10)14/h1-6H,7H2. The van der Waals surface area contributed by atoms with Crippen molar-refractivity contribution < 1.29 is 13.9 Å². The van der Waals surface area contributed by atoms with Crippen molar-refractivity contribution in [2.24, 2.45) is 0 Å². The zero-order valence-corrected chi connectivity index (χ0v) is 11.1. The van der Waals surface area contributed by atoms with Crippen LogP contribution < -0.4 is 4.74 Å². The largest absolute Gasteiger partial charge is 0.482 e. The fourth-order valence-corrected chi connectivity index (χ4v) is 2.55. The Kier molecular flexibility index (Phi) is 3.91. The van der Waals surface area contributed by atoms with Gasteiger partial charge in [-0.3, -0.25) is 4.79 Å². The first-order valence-electron chi connectivity index (χ1n) is 4.82.